The minimum absolute atomic E-state index is 0.00853. The largest absolute Gasteiger partial charge is 0.457 e. The summed E-state index contributed by atoms with van der Waals surface area (Å²) < 4.78 is 30.8. The molecule has 4 aromatic rings. The molecule has 0 radical (unpaired) electrons. The molecule has 3 atom stereocenters. The summed E-state index contributed by atoms with van der Waals surface area (Å²) in [7, 11) is 0. The molecule has 10 nitrogen and oxygen atoms in total. The van der Waals surface area contributed by atoms with Gasteiger partial charge in [0.25, 0.3) is 0 Å². The van der Waals surface area contributed by atoms with Crippen molar-refractivity contribution in [3.05, 3.63) is 120 Å². The number of para-hydroxylation sites is 1. The lowest BCUT2D eigenvalue weighted by Gasteiger charge is -2.41. The lowest BCUT2D eigenvalue weighted by molar-refractivity contribution is -0.255. The van der Waals surface area contributed by atoms with E-state index in [-0.39, 0.29) is 24.8 Å². The van der Waals surface area contributed by atoms with E-state index in [1.807, 2.05) is 91.0 Å². The Morgan fingerprint density at radius 2 is 1.50 bits per heavy atom. The molecular weight excluding hydrogens is 610 g/mol. The monoisotopic (exact) mass is 651 g/mol. The molecule has 3 fully saturated rings. The first-order valence-electron chi connectivity index (χ1n) is 16.5. The number of hydrogen-bond acceptors (Lipinski definition) is 8. The van der Waals surface area contributed by atoms with Gasteiger partial charge in [0.05, 0.1) is 32.0 Å². The second-order valence-electron chi connectivity index (χ2n) is 12.4. The highest BCUT2D eigenvalue weighted by Gasteiger charge is 2.41. The zero-order valence-corrected chi connectivity index (χ0v) is 26.8. The fourth-order valence-corrected chi connectivity index (χ4v) is 6.47. The van der Waals surface area contributed by atoms with E-state index in [0.29, 0.717) is 36.8 Å². The summed E-state index contributed by atoms with van der Waals surface area (Å²) in [6.07, 6.45) is 1.46. The van der Waals surface area contributed by atoms with E-state index in [2.05, 4.69) is 15.5 Å². The van der Waals surface area contributed by atoms with Gasteiger partial charge in [0, 0.05) is 55.8 Å². The van der Waals surface area contributed by atoms with E-state index >= 15 is 0 Å². The maximum Gasteiger partial charge on any atom is 0.323 e. The Labute approximate surface area is 280 Å². The van der Waals surface area contributed by atoms with Crippen LogP contribution < -0.4 is 15.4 Å². The SMILES string of the molecule is O=C(Nc1ccc(Oc2ccccc2)cc1)Nc1cccc(C2OC(CN3CCC4(CC3)OCCO4)CC(c3ccc(CO)cc3)O2)c1. The van der Waals surface area contributed by atoms with Gasteiger partial charge in [0.2, 0.25) is 0 Å². The van der Waals surface area contributed by atoms with E-state index < -0.39 is 12.1 Å². The van der Waals surface area contributed by atoms with Gasteiger partial charge in [0.1, 0.15) is 11.5 Å². The second-order valence-corrected chi connectivity index (χ2v) is 12.4. The van der Waals surface area contributed by atoms with E-state index in [1.165, 1.54) is 0 Å². The molecule has 250 valence electrons. The Morgan fingerprint density at radius 3 is 2.23 bits per heavy atom. The molecule has 3 saturated heterocycles. The third-order valence-corrected chi connectivity index (χ3v) is 9.02. The first-order valence-corrected chi connectivity index (χ1v) is 16.5. The van der Waals surface area contributed by atoms with Crippen molar-refractivity contribution in [2.24, 2.45) is 0 Å². The van der Waals surface area contributed by atoms with Gasteiger partial charge in [-0.1, -0.05) is 54.6 Å². The van der Waals surface area contributed by atoms with Crippen molar-refractivity contribution in [2.75, 3.05) is 43.5 Å². The van der Waals surface area contributed by atoms with E-state index in [0.717, 1.165) is 54.9 Å². The number of aliphatic hydroxyl groups is 1. The van der Waals surface area contributed by atoms with E-state index in [4.69, 9.17) is 23.7 Å². The zero-order valence-electron chi connectivity index (χ0n) is 26.8. The molecule has 48 heavy (non-hydrogen) atoms. The Kier molecular flexibility index (Phi) is 9.99. The second kappa shape index (κ2) is 14.9. The van der Waals surface area contributed by atoms with Crippen LogP contribution in [0.2, 0.25) is 0 Å². The Balaban J connectivity index is 1.00. The first-order chi connectivity index (χ1) is 23.5. The number of likely N-dealkylation sites (tertiary alicyclic amines) is 1. The molecule has 0 aliphatic carbocycles. The van der Waals surface area contributed by atoms with Crippen LogP contribution in [-0.4, -0.2) is 60.8 Å². The minimum Gasteiger partial charge on any atom is -0.457 e. The molecule has 0 bridgehead atoms. The summed E-state index contributed by atoms with van der Waals surface area (Å²) in [6.45, 7) is 3.82. The summed E-state index contributed by atoms with van der Waals surface area (Å²) in [5, 5.41) is 15.4. The lowest BCUT2D eigenvalue weighted by Crippen LogP contribution is -2.48. The molecule has 1 spiro atoms. The zero-order chi connectivity index (χ0) is 32.8. The number of nitrogens with zero attached hydrogens (tertiary/aromatic N) is 1. The fraction of sp³-hybridized carbons (Fsp3) is 0.342. The van der Waals surface area contributed by atoms with Crippen LogP contribution in [0.1, 0.15) is 48.3 Å². The molecule has 2 amide bonds. The van der Waals surface area contributed by atoms with Crippen molar-refractivity contribution in [2.45, 2.75) is 50.2 Å². The number of nitrogens with one attached hydrogen (secondary N) is 2. The van der Waals surface area contributed by atoms with E-state index in [9.17, 15) is 9.90 Å². The molecule has 0 saturated carbocycles. The number of amides is 2. The van der Waals surface area contributed by atoms with Gasteiger partial charge < -0.3 is 44.3 Å². The highest BCUT2D eigenvalue weighted by atomic mass is 16.7. The van der Waals surface area contributed by atoms with Crippen molar-refractivity contribution >= 4 is 17.4 Å². The number of piperidine rings is 1. The van der Waals surface area contributed by atoms with Crippen LogP contribution in [0.4, 0.5) is 16.2 Å². The summed E-state index contributed by atoms with van der Waals surface area (Å²) >= 11 is 0. The summed E-state index contributed by atoms with van der Waals surface area (Å²) in [5.74, 6) is 0.995. The van der Waals surface area contributed by atoms with Crippen LogP contribution in [0.25, 0.3) is 0 Å². The molecule has 4 aromatic carbocycles. The smallest absolute Gasteiger partial charge is 0.323 e. The van der Waals surface area contributed by atoms with Crippen LogP contribution >= 0.6 is 0 Å². The van der Waals surface area contributed by atoms with Gasteiger partial charge in [-0.25, -0.2) is 4.79 Å². The predicted molar refractivity (Wildman–Crippen MR) is 181 cm³/mol. The van der Waals surface area contributed by atoms with Crippen molar-refractivity contribution in [1.29, 1.82) is 0 Å². The highest BCUT2D eigenvalue weighted by molar-refractivity contribution is 5.99. The average Bonchev–Trinajstić information content (AvgIpc) is 3.58. The Morgan fingerprint density at radius 1 is 0.792 bits per heavy atom. The van der Waals surface area contributed by atoms with Crippen LogP contribution in [0.15, 0.2) is 103 Å². The number of aliphatic hydroxyl groups excluding tert-OH is 1. The number of urea groups is 1. The third-order valence-electron chi connectivity index (χ3n) is 9.02. The molecule has 3 heterocycles. The molecular formula is C38H41N3O7. The molecule has 3 unspecified atom stereocenters. The molecule has 0 aromatic heterocycles. The van der Waals surface area contributed by atoms with Crippen molar-refractivity contribution in [1.82, 2.24) is 4.90 Å². The number of anilines is 2. The standard InChI is InChI=1S/C38H41N3O7/c42-26-27-9-11-28(12-10-27)35-24-34(25-41-19-17-38(18-20-41)44-21-22-45-38)47-36(48-35)29-5-4-6-31(23-29)40-37(43)39-30-13-15-33(16-14-30)46-32-7-2-1-3-8-32/h1-16,23,34-36,42H,17-22,24-26H2,(H2,39,40,43). The summed E-state index contributed by atoms with van der Waals surface area (Å²) in [6, 6.07) is 31.8. The van der Waals surface area contributed by atoms with Crippen LogP contribution in [0.5, 0.6) is 11.5 Å². The van der Waals surface area contributed by atoms with Crippen molar-refractivity contribution < 1.29 is 33.6 Å². The molecule has 3 N–H and O–H groups in total. The number of ether oxygens (including phenoxy) is 5. The van der Waals surface area contributed by atoms with Crippen LogP contribution in [0.3, 0.4) is 0 Å². The normalized spacial score (nSPS) is 22.3. The van der Waals surface area contributed by atoms with Crippen LogP contribution in [0, 0.1) is 0 Å². The van der Waals surface area contributed by atoms with Gasteiger partial charge in [0.15, 0.2) is 12.1 Å². The average molecular weight is 652 g/mol. The van der Waals surface area contributed by atoms with Crippen molar-refractivity contribution in [3.8, 4) is 11.5 Å². The number of carbonyl (C=O) groups excluding carboxylic acids is 1. The van der Waals surface area contributed by atoms with Gasteiger partial charge in [-0.15, -0.1) is 0 Å². The van der Waals surface area contributed by atoms with Gasteiger partial charge in [-0.05, 0) is 59.7 Å². The topological polar surface area (TPSA) is 111 Å². The Hall–Kier alpha value is -4.29. The summed E-state index contributed by atoms with van der Waals surface area (Å²) in [5.41, 5.74) is 3.94. The first kappa shape index (κ1) is 32.3. The molecule has 3 aliphatic heterocycles. The highest BCUT2D eigenvalue weighted by Crippen LogP contribution is 2.39. The van der Waals surface area contributed by atoms with Gasteiger partial charge in [-0.3, -0.25) is 0 Å². The molecule has 10 heteroatoms. The molecule has 3 aliphatic rings. The number of carbonyl (C=O) groups is 1. The predicted octanol–water partition coefficient (Wildman–Crippen LogP) is 7.00. The fourth-order valence-electron chi connectivity index (χ4n) is 6.47. The molecule has 7 rings (SSSR count). The van der Waals surface area contributed by atoms with E-state index in [1.54, 1.807) is 12.1 Å². The maximum atomic E-state index is 12.9. The number of hydrogen-bond donors (Lipinski definition) is 3. The van der Waals surface area contributed by atoms with Crippen molar-refractivity contribution in [3.63, 3.8) is 0 Å². The maximum absolute atomic E-state index is 12.9. The van der Waals surface area contributed by atoms with Gasteiger partial charge >= 0.3 is 6.03 Å². The number of benzene rings is 4. The third kappa shape index (κ3) is 8.04. The minimum atomic E-state index is -0.633. The van der Waals surface area contributed by atoms with Crippen LogP contribution in [-0.2, 0) is 25.6 Å². The van der Waals surface area contributed by atoms with Gasteiger partial charge in [-0.2, -0.15) is 0 Å². The Bertz CT molecular complexity index is 1640. The lowest BCUT2D eigenvalue weighted by atomic mass is 9.98. The quantitative estimate of drug-likeness (QED) is 0.178. The summed E-state index contributed by atoms with van der Waals surface area (Å²) in [4.78, 5) is 15.4. The number of rotatable bonds is 9.